The zero-order chi connectivity index (χ0) is 29.7. The Morgan fingerprint density at radius 3 is 1.83 bits per heavy atom. The van der Waals surface area contributed by atoms with Gasteiger partial charge in [-0.3, -0.25) is 19.6 Å². The largest absolute Gasteiger partial charge is 0.443 e. The van der Waals surface area contributed by atoms with Crippen molar-refractivity contribution in [1.29, 1.82) is 0 Å². The van der Waals surface area contributed by atoms with Crippen molar-refractivity contribution in [1.82, 2.24) is 9.80 Å². The molecule has 0 unspecified atom stereocenters. The van der Waals surface area contributed by atoms with E-state index in [9.17, 15) is 9.59 Å². The molecule has 0 aliphatic carbocycles. The summed E-state index contributed by atoms with van der Waals surface area (Å²) in [6.45, 7) is 13.1. The first-order valence-electron chi connectivity index (χ1n) is 14.5. The lowest BCUT2D eigenvalue weighted by Gasteiger charge is -2.50. The highest BCUT2D eigenvalue weighted by atomic mass is 127. The summed E-state index contributed by atoms with van der Waals surface area (Å²) < 4.78 is 13.1. The van der Waals surface area contributed by atoms with Crippen LogP contribution in [0.4, 0.5) is 21.0 Å². The highest BCUT2D eigenvalue weighted by Crippen LogP contribution is 2.69. The van der Waals surface area contributed by atoms with Gasteiger partial charge in [0.15, 0.2) is 0 Å². The van der Waals surface area contributed by atoms with Crippen LogP contribution in [-0.2, 0) is 20.3 Å². The van der Waals surface area contributed by atoms with E-state index in [1.54, 1.807) is 0 Å². The summed E-state index contributed by atoms with van der Waals surface area (Å²) in [7, 11) is 4.22. The standard InChI is InChI=1S/C32H41IN4O4/c1-29(2,3)40-27(38)36-23-15-10-9-12-20(23)31(16-18-34(7)25(31)36)32-17-19-35(8)26(32)37(28(39)41-30(4,5)6)24-21(32)13-11-14-22(24)33/h9-15,25-26H,16-19H2,1-8H3/t25-,26+,31-,32+/m0/s1. The summed E-state index contributed by atoms with van der Waals surface area (Å²) in [6, 6.07) is 14.7. The number of amides is 2. The third kappa shape index (κ3) is 3.97. The van der Waals surface area contributed by atoms with E-state index >= 15 is 0 Å². The number of halogens is 1. The van der Waals surface area contributed by atoms with Crippen LogP contribution in [0.3, 0.4) is 0 Å². The van der Waals surface area contributed by atoms with E-state index < -0.39 is 22.0 Å². The zero-order valence-corrected chi connectivity index (χ0v) is 27.5. The van der Waals surface area contributed by atoms with Crippen molar-refractivity contribution in [3.63, 3.8) is 0 Å². The Morgan fingerprint density at radius 1 is 0.756 bits per heavy atom. The molecule has 41 heavy (non-hydrogen) atoms. The Kier molecular flexibility index (Phi) is 6.53. The third-order valence-electron chi connectivity index (χ3n) is 9.25. The molecule has 9 heteroatoms. The summed E-state index contributed by atoms with van der Waals surface area (Å²) in [5, 5.41) is 0. The van der Waals surface area contributed by atoms with Crippen molar-refractivity contribution in [3.8, 4) is 0 Å². The lowest BCUT2D eigenvalue weighted by atomic mass is 9.55. The first-order valence-corrected chi connectivity index (χ1v) is 15.6. The lowest BCUT2D eigenvalue weighted by molar-refractivity contribution is 0.0431. The summed E-state index contributed by atoms with van der Waals surface area (Å²) >= 11 is 2.36. The molecule has 4 aliphatic heterocycles. The van der Waals surface area contributed by atoms with E-state index in [4.69, 9.17) is 9.47 Å². The van der Waals surface area contributed by atoms with Crippen LogP contribution in [0.1, 0.15) is 65.5 Å². The van der Waals surface area contributed by atoms with Crippen LogP contribution < -0.4 is 9.80 Å². The molecule has 0 radical (unpaired) electrons. The number of likely N-dealkylation sites (tertiary alicyclic amines) is 2. The number of hydrogen-bond acceptors (Lipinski definition) is 6. The van der Waals surface area contributed by atoms with Crippen molar-refractivity contribution < 1.29 is 19.1 Å². The van der Waals surface area contributed by atoms with Gasteiger partial charge in [0.2, 0.25) is 0 Å². The number of nitrogens with zero attached hydrogens (tertiary/aromatic N) is 4. The molecule has 2 aromatic rings. The van der Waals surface area contributed by atoms with Gasteiger partial charge in [0.05, 0.1) is 11.4 Å². The number of rotatable bonds is 1. The van der Waals surface area contributed by atoms with E-state index in [0.717, 1.165) is 52.0 Å². The second-order valence-corrected chi connectivity index (χ2v) is 15.2. The van der Waals surface area contributed by atoms with Crippen LogP contribution in [0.25, 0.3) is 0 Å². The van der Waals surface area contributed by atoms with Gasteiger partial charge in [0.1, 0.15) is 23.5 Å². The van der Waals surface area contributed by atoms with Gasteiger partial charge in [0.25, 0.3) is 0 Å². The van der Waals surface area contributed by atoms with Gasteiger partial charge in [-0.25, -0.2) is 9.59 Å². The van der Waals surface area contributed by atoms with E-state index in [2.05, 4.69) is 76.8 Å². The van der Waals surface area contributed by atoms with E-state index in [-0.39, 0.29) is 24.5 Å². The summed E-state index contributed by atoms with van der Waals surface area (Å²) in [6.07, 6.45) is 0.480. The second kappa shape index (κ2) is 9.31. The first-order chi connectivity index (χ1) is 19.1. The van der Waals surface area contributed by atoms with Crippen molar-refractivity contribution in [2.45, 2.75) is 88.7 Å². The topological polar surface area (TPSA) is 65.6 Å². The Labute approximate surface area is 257 Å². The smallest absolute Gasteiger partial charge is 0.416 e. The number of anilines is 2. The van der Waals surface area contributed by atoms with Gasteiger partial charge in [-0.2, -0.15) is 0 Å². The molecule has 4 aliphatic rings. The molecule has 4 atom stereocenters. The Balaban J connectivity index is 1.63. The van der Waals surface area contributed by atoms with Gasteiger partial charge in [0, 0.05) is 27.5 Å². The van der Waals surface area contributed by atoms with Crippen LogP contribution >= 0.6 is 22.6 Å². The van der Waals surface area contributed by atoms with Crippen molar-refractivity contribution in [3.05, 3.63) is 57.2 Å². The van der Waals surface area contributed by atoms with Crippen molar-refractivity contribution in [2.24, 2.45) is 0 Å². The quantitative estimate of drug-likeness (QED) is 0.332. The zero-order valence-electron chi connectivity index (χ0n) is 25.3. The Bertz CT molecular complexity index is 1420. The van der Waals surface area contributed by atoms with Crippen LogP contribution in [0.15, 0.2) is 42.5 Å². The Hall–Kier alpha value is -2.37. The SMILES string of the molecule is CN1CC[C@@]2([C@]34CCN(C)[C@H]3N(C(=O)OC(C)(C)C)c3ccccc34)c3cccc(I)c3N(C(=O)OC(C)(C)C)[C@@H]12. The normalized spacial score (nSPS) is 29.3. The molecule has 6 rings (SSSR count). The van der Waals surface area contributed by atoms with Gasteiger partial charge < -0.3 is 9.47 Å². The molecule has 4 heterocycles. The minimum atomic E-state index is -0.637. The minimum Gasteiger partial charge on any atom is -0.443 e. The lowest BCUT2D eigenvalue weighted by Crippen LogP contribution is -2.64. The molecule has 0 bridgehead atoms. The molecule has 220 valence electrons. The number of benzene rings is 2. The molecule has 2 fully saturated rings. The number of likely N-dealkylation sites (N-methyl/N-ethyl adjacent to an activating group) is 2. The maximum absolute atomic E-state index is 14.1. The molecular formula is C32H41IN4O4. The minimum absolute atomic E-state index is 0.270. The molecule has 2 amide bonds. The number of hydrogen-bond donors (Lipinski definition) is 0. The summed E-state index contributed by atoms with van der Waals surface area (Å²) in [4.78, 5) is 36.6. The van der Waals surface area contributed by atoms with Gasteiger partial charge >= 0.3 is 12.2 Å². The fraction of sp³-hybridized carbons (Fsp3) is 0.562. The predicted molar refractivity (Wildman–Crippen MR) is 168 cm³/mol. The highest BCUT2D eigenvalue weighted by Gasteiger charge is 2.75. The number of carbonyl (C=O) groups is 2. The summed E-state index contributed by atoms with van der Waals surface area (Å²) in [5.41, 5.74) is 1.88. The molecule has 2 aromatic carbocycles. The first kappa shape index (κ1) is 28.7. The van der Waals surface area contributed by atoms with Crippen LogP contribution in [0.2, 0.25) is 0 Å². The average molecular weight is 673 g/mol. The van der Waals surface area contributed by atoms with Gasteiger partial charge in [-0.1, -0.05) is 30.3 Å². The number of carbonyl (C=O) groups excluding carboxylic acids is 2. The molecule has 0 saturated carbocycles. The van der Waals surface area contributed by atoms with Crippen molar-refractivity contribution >= 4 is 46.2 Å². The molecule has 8 nitrogen and oxygen atoms in total. The fourth-order valence-corrected chi connectivity index (χ4v) is 8.94. The van der Waals surface area contributed by atoms with E-state index in [0.29, 0.717) is 0 Å². The molecule has 0 aromatic heterocycles. The van der Waals surface area contributed by atoms with E-state index in [1.165, 1.54) is 0 Å². The number of fused-ring (bicyclic) bond motifs is 7. The summed E-state index contributed by atoms with van der Waals surface area (Å²) in [5.74, 6) is 0. The fourth-order valence-electron chi connectivity index (χ4n) is 8.18. The monoisotopic (exact) mass is 672 g/mol. The number of para-hydroxylation sites is 2. The van der Waals surface area contributed by atoms with Gasteiger partial charge in [-0.15, -0.1) is 0 Å². The van der Waals surface area contributed by atoms with E-state index in [1.807, 2.05) is 63.5 Å². The second-order valence-electron chi connectivity index (χ2n) is 14.0. The maximum Gasteiger partial charge on any atom is 0.416 e. The molecule has 0 spiro atoms. The third-order valence-corrected chi connectivity index (χ3v) is 10.1. The van der Waals surface area contributed by atoms with Gasteiger partial charge in [-0.05, 0) is 114 Å². The molecular weight excluding hydrogens is 631 g/mol. The van der Waals surface area contributed by atoms with Crippen LogP contribution in [0, 0.1) is 3.57 Å². The molecule has 0 N–H and O–H groups in total. The Morgan fingerprint density at radius 2 is 1.24 bits per heavy atom. The van der Waals surface area contributed by atoms with Crippen LogP contribution in [-0.4, -0.2) is 72.7 Å². The highest BCUT2D eigenvalue weighted by molar-refractivity contribution is 14.1. The van der Waals surface area contributed by atoms with Crippen LogP contribution in [0.5, 0.6) is 0 Å². The number of ether oxygens (including phenoxy) is 2. The average Bonchev–Trinajstić information content (AvgIpc) is 3.55. The van der Waals surface area contributed by atoms with Crippen molar-refractivity contribution in [2.75, 3.05) is 37.0 Å². The predicted octanol–water partition coefficient (Wildman–Crippen LogP) is 6.30. The molecule has 2 saturated heterocycles. The maximum atomic E-state index is 14.1.